The Morgan fingerprint density at radius 2 is 1.62 bits per heavy atom. The minimum Gasteiger partial charge on any atom is -0.508 e. The van der Waals surface area contributed by atoms with Crippen molar-refractivity contribution in [1.82, 2.24) is 14.0 Å². The Bertz CT molecular complexity index is 2110. The van der Waals surface area contributed by atoms with E-state index >= 15 is 0 Å². The van der Waals surface area contributed by atoms with Gasteiger partial charge in [0.1, 0.15) is 5.75 Å². The second kappa shape index (κ2) is 11.6. The number of benzene rings is 4. The average Bonchev–Trinajstić information content (AvgIpc) is 3.04. The van der Waals surface area contributed by atoms with Crippen molar-refractivity contribution in [3.8, 4) is 22.6 Å². The van der Waals surface area contributed by atoms with Crippen LogP contribution in [0.3, 0.4) is 0 Å². The van der Waals surface area contributed by atoms with Crippen LogP contribution in [-0.2, 0) is 16.1 Å². The fourth-order valence-electron chi connectivity index (χ4n) is 6.50. The molecule has 2 aliphatic rings. The molecular formula is C35H31ClN4O5. The highest BCUT2D eigenvalue weighted by Crippen LogP contribution is 2.39. The lowest BCUT2D eigenvalue weighted by molar-refractivity contribution is -0.132. The summed E-state index contributed by atoms with van der Waals surface area (Å²) < 4.78 is 8.54. The van der Waals surface area contributed by atoms with Gasteiger partial charge < -0.3 is 24.2 Å². The maximum absolute atomic E-state index is 14.2. The summed E-state index contributed by atoms with van der Waals surface area (Å²) in [5.41, 5.74) is 2.37. The number of rotatable bonds is 6. The third-order valence-electron chi connectivity index (χ3n) is 8.72. The third kappa shape index (κ3) is 5.08. The summed E-state index contributed by atoms with van der Waals surface area (Å²) in [4.78, 5) is 44.0. The van der Waals surface area contributed by atoms with Crippen LogP contribution < -0.4 is 16.0 Å². The van der Waals surface area contributed by atoms with Gasteiger partial charge in [-0.1, -0.05) is 54.6 Å². The van der Waals surface area contributed by atoms with E-state index in [1.807, 2.05) is 54.6 Å². The van der Waals surface area contributed by atoms with E-state index < -0.39 is 11.1 Å². The van der Waals surface area contributed by atoms with Crippen LogP contribution in [0.4, 0.5) is 5.69 Å². The highest BCUT2D eigenvalue weighted by Gasteiger charge is 2.31. The van der Waals surface area contributed by atoms with Crippen molar-refractivity contribution < 1.29 is 14.6 Å². The Hall–Kier alpha value is -4.86. The zero-order chi connectivity index (χ0) is 31.2. The van der Waals surface area contributed by atoms with Crippen LogP contribution >= 0.6 is 11.6 Å². The lowest BCUT2D eigenvalue weighted by Gasteiger charge is -2.39. The van der Waals surface area contributed by atoms with Crippen molar-refractivity contribution in [1.29, 1.82) is 0 Å². The van der Waals surface area contributed by atoms with E-state index in [0.29, 0.717) is 72.3 Å². The number of ether oxygens (including phenoxy) is 1. The number of nitrogens with zero attached hydrogens (tertiary/aromatic N) is 4. The molecule has 1 aromatic heterocycles. The van der Waals surface area contributed by atoms with Crippen LogP contribution in [0, 0.1) is 5.92 Å². The molecule has 0 spiro atoms. The van der Waals surface area contributed by atoms with Gasteiger partial charge in [-0.25, -0.2) is 0 Å². The van der Waals surface area contributed by atoms with E-state index in [4.69, 9.17) is 16.3 Å². The van der Waals surface area contributed by atoms with Crippen LogP contribution in [0.5, 0.6) is 5.75 Å². The Balaban J connectivity index is 1.48. The molecule has 4 aromatic carbocycles. The highest BCUT2D eigenvalue weighted by molar-refractivity contribution is 6.34. The first-order chi connectivity index (χ1) is 21.8. The molecule has 1 amide bonds. The molecule has 228 valence electrons. The predicted molar refractivity (Wildman–Crippen MR) is 177 cm³/mol. The zero-order valence-corrected chi connectivity index (χ0v) is 25.2. The molecule has 0 bridgehead atoms. The number of amides is 1. The van der Waals surface area contributed by atoms with E-state index in [0.717, 1.165) is 16.5 Å². The van der Waals surface area contributed by atoms with Crippen molar-refractivity contribution >= 4 is 45.0 Å². The number of hydrogen-bond donors (Lipinski definition) is 1. The fourth-order valence-corrected chi connectivity index (χ4v) is 6.76. The van der Waals surface area contributed by atoms with Crippen molar-refractivity contribution in [3.63, 3.8) is 0 Å². The van der Waals surface area contributed by atoms with Gasteiger partial charge in [-0.05, 0) is 58.8 Å². The van der Waals surface area contributed by atoms with E-state index in [1.54, 1.807) is 23.1 Å². The second-order valence-electron chi connectivity index (χ2n) is 11.5. The van der Waals surface area contributed by atoms with E-state index in [2.05, 4.69) is 11.5 Å². The quantitative estimate of drug-likeness (QED) is 0.216. The lowest BCUT2D eigenvalue weighted by Crippen LogP contribution is -2.52. The molecule has 0 radical (unpaired) electrons. The average molecular weight is 623 g/mol. The fraction of sp³-hybridized carbons (Fsp3) is 0.229. The van der Waals surface area contributed by atoms with Gasteiger partial charge in [0.2, 0.25) is 5.91 Å². The highest BCUT2D eigenvalue weighted by atomic mass is 35.5. The number of anilines is 1. The van der Waals surface area contributed by atoms with Crippen LogP contribution in [0.25, 0.3) is 38.6 Å². The summed E-state index contributed by atoms with van der Waals surface area (Å²) in [5.74, 6) is -0.0905. The number of carbonyl (C=O) groups excluding carboxylic acids is 1. The number of halogens is 1. The molecule has 0 saturated carbocycles. The largest absolute Gasteiger partial charge is 0.508 e. The molecule has 0 aliphatic carbocycles. The van der Waals surface area contributed by atoms with Crippen molar-refractivity contribution in [2.45, 2.75) is 6.54 Å². The van der Waals surface area contributed by atoms with Gasteiger partial charge in [-0.3, -0.25) is 19.0 Å². The monoisotopic (exact) mass is 622 g/mol. The first-order valence-corrected chi connectivity index (χ1v) is 15.3. The van der Waals surface area contributed by atoms with Crippen LogP contribution in [0.15, 0.2) is 95.0 Å². The zero-order valence-electron chi connectivity index (χ0n) is 24.5. The molecule has 45 heavy (non-hydrogen) atoms. The normalized spacial score (nSPS) is 15.4. The number of para-hydroxylation sites is 2. The maximum Gasteiger partial charge on any atom is 0.321 e. The summed E-state index contributed by atoms with van der Waals surface area (Å²) in [6, 6.07) is 22.2. The molecule has 3 heterocycles. The van der Waals surface area contributed by atoms with Crippen molar-refractivity contribution in [2.24, 2.45) is 5.92 Å². The molecule has 0 unspecified atom stereocenters. The summed E-state index contributed by atoms with van der Waals surface area (Å²) in [6.45, 7) is 7.14. The van der Waals surface area contributed by atoms with Crippen LogP contribution in [-0.4, -0.2) is 64.4 Å². The Morgan fingerprint density at radius 1 is 0.911 bits per heavy atom. The second-order valence-corrected chi connectivity index (χ2v) is 11.9. The molecule has 5 aromatic rings. The third-order valence-corrected chi connectivity index (χ3v) is 9.04. The number of phenolic OH excluding ortho intramolecular Hbond substituents is 1. The molecule has 10 heteroatoms. The standard InChI is InChI=1S/C35H31ClN4O5/c1-2-33(42)38-19-22(20-38)21-39-31-18-28(36)27(26-16-24(41)15-23-7-3-4-8-25(23)26)17-32(31)40(35(44)34(39)43)30-10-6-5-9-29(30)37-11-13-45-14-12-37/h2-10,15-18,22,41H,1,11-14,19-21H2. The topological polar surface area (TPSA) is 97.0 Å². The van der Waals surface area contributed by atoms with E-state index in [9.17, 15) is 19.5 Å². The molecule has 9 nitrogen and oxygen atoms in total. The van der Waals surface area contributed by atoms with Crippen LogP contribution in [0.1, 0.15) is 0 Å². The predicted octanol–water partition coefficient (Wildman–Crippen LogP) is 4.81. The van der Waals surface area contributed by atoms with Crippen LogP contribution in [0.2, 0.25) is 5.02 Å². The van der Waals surface area contributed by atoms with Gasteiger partial charge in [-0.15, -0.1) is 0 Å². The van der Waals surface area contributed by atoms with Gasteiger partial charge in [0.25, 0.3) is 0 Å². The molecule has 2 aliphatic heterocycles. The number of aromatic hydroxyl groups is 1. The molecule has 7 rings (SSSR count). The lowest BCUT2D eigenvalue weighted by atomic mass is 9.96. The summed E-state index contributed by atoms with van der Waals surface area (Å²) in [6.07, 6.45) is 1.28. The smallest absolute Gasteiger partial charge is 0.321 e. The van der Waals surface area contributed by atoms with Gasteiger partial charge in [0, 0.05) is 44.2 Å². The Morgan fingerprint density at radius 3 is 2.38 bits per heavy atom. The molecule has 1 N–H and O–H groups in total. The van der Waals surface area contributed by atoms with E-state index in [1.165, 1.54) is 15.2 Å². The minimum atomic E-state index is -0.685. The summed E-state index contributed by atoms with van der Waals surface area (Å²) >= 11 is 7.00. The molecule has 2 saturated heterocycles. The number of carbonyl (C=O) groups is 1. The number of aromatic nitrogens is 2. The first kappa shape index (κ1) is 28.9. The van der Waals surface area contributed by atoms with Gasteiger partial charge in [0.05, 0.1) is 40.6 Å². The minimum absolute atomic E-state index is 0.0147. The summed E-state index contributed by atoms with van der Waals surface area (Å²) in [7, 11) is 0. The van der Waals surface area contributed by atoms with Gasteiger partial charge >= 0.3 is 11.1 Å². The SMILES string of the molecule is C=CC(=O)N1CC(Cn2c(=O)c(=O)n(-c3ccccc3N3CCOCC3)c3cc(-c4cc(O)cc5ccccc45)c(Cl)cc32)C1. The number of fused-ring (bicyclic) bond motifs is 2. The molecule has 2 fully saturated rings. The molecular weight excluding hydrogens is 592 g/mol. The Labute approximate surface area is 263 Å². The number of hydrogen-bond acceptors (Lipinski definition) is 6. The maximum atomic E-state index is 14.2. The number of likely N-dealkylation sites (tertiary alicyclic amines) is 1. The number of morpholine rings is 1. The van der Waals surface area contributed by atoms with Gasteiger partial charge in [0.15, 0.2) is 0 Å². The number of phenols is 1. The molecule has 0 atom stereocenters. The van der Waals surface area contributed by atoms with Gasteiger partial charge in [-0.2, -0.15) is 0 Å². The Kier molecular flexibility index (Phi) is 7.43. The van der Waals surface area contributed by atoms with Crippen molar-refractivity contribution in [3.05, 3.63) is 111 Å². The summed E-state index contributed by atoms with van der Waals surface area (Å²) in [5, 5.41) is 12.7. The van der Waals surface area contributed by atoms with E-state index in [-0.39, 0.29) is 24.1 Å². The first-order valence-electron chi connectivity index (χ1n) is 14.9. The van der Waals surface area contributed by atoms with Crippen molar-refractivity contribution in [2.75, 3.05) is 44.3 Å².